The Morgan fingerprint density at radius 2 is 1.92 bits per heavy atom. The minimum absolute atomic E-state index is 0.0253. The first-order valence-electron chi connectivity index (χ1n) is 9.17. The molecule has 0 saturated carbocycles. The zero-order chi connectivity index (χ0) is 18.8. The van der Waals surface area contributed by atoms with E-state index in [1.165, 1.54) is 0 Å². The van der Waals surface area contributed by atoms with Gasteiger partial charge in [0.25, 0.3) is 0 Å². The Hall–Kier alpha value is -1.44. The predicted molar refractivity (Wildman–Crippen MR) is 109 cm³/mol. The monoisotopic (exact) mass is 380 g/mol. The molecule has 1 heterocycles. The molecular formula is C19H32N4O2S. The number of rotatable bonds is 8. The minimum atomic E-state index is -0.882. The summed E-state index contributed by atoms with van der Waals surface area (Å²) < 4.78 is 17.6. The Bertz CT molecular complexity index is 586. The Morgan fingerprint density at radius 3 is 2.58 bits per heavy atom. The summed E-state index contributed by atoms with van der Waals surface area (Å²) in [6.45, 7) is 9.39. The third-order valence-corrected chi connectivity index (χ3v) is 5.89. The number of nitrogens with zero attached hydrogens (tertiary/aromatic N) is 2. The van der Waals surface area contributed by atoms with Crippen LogP contribution in [0.3, 0.4) is 0 Å². The molecule has 0 amide bonds. The van der Waals surface area contributed by atoms with E-state index in [9.17, 15) is 4.21 Å². The largest absolute Gasteiger partial charge is 0.379 e. The molecule has 7 heteroatoms. The van der Waals surface area contributed by atoms with Crippen molar-refractivity contribution in [1.29, 1.82) is 0 Å². The topological polar surface area (TPSA) is 66.0 Å². The molecule has 2 N–H and O–H groups in total. The highest BCUT2D eigenvalue weighted by molar-refractivity contribution is 7.84. The van der Waals surface area contributed by atoms with Crippen molar-refractivity contribution >= 4 is 16.8 Å². The van der Waals surface area contributed by atoms with E-state index < -0.39 is 10.8 Å². The molecular weight excluding hydrogens is 348 g/mol. The van der Waals surface area contributed by atoms with Gasteiger partial charge < -0.3 is 15.4 Å². The number of ether oxygens (including phenoxy) is 1. The van der Waals surface area contributed by atoms with Crippen LogP contribution in [-0.2, 0) is 21.3 Å². The smallest absolute Gasteiger partial charge is 0.191 e. The van der Waals surface area contributed by atoms with Gasteiger partial charge in [0.2, 0.25) is 0 Å². The van der Waals surface area contributed by atoms with Gasteiger partial charge in [0.05, 0.1) is 13.2 Å². The molecule has 26 heavy (non-hydrogen) atoms. The van der Waals surface area contributed by atoms with Crippen LogP contribution in [0.15, 0.2) is 35.3 Å². The van der Waals surface area contributed by atoms with Crippen LogP contribution < -0.4 is 10.6 Å². The SMILES string of the molecule is CN=C(NCCS(=O)Cc1ccccc1)NCC(C)(C)N1CCOCC1. The predicted octanol–water partition coefficient (Wildman–Crippen LogP) is 1.21. The summed E-state index contributed by atoms with van der Waals surface area (Å²) in [5.74, 6) is 1.95. The molecule has 1 aliphatic rings. The van der Waals surface area contributed by atoms with Gasteiger partial charge >= 0.3 is 0 Å². The molecule has 1 fully saturated rings. The van der Waals surface area contributed by atoms with E-state index in [-0.39, 0.29) is 5.54 Å². The van der Waals surface area contributed by atoms with Crippen molar-refractivity contribution in [2.45, 2.75) is 25.1 Å². The lowest BCUT2D eigenvalue weighted by Gasteiger charge is -2.41. The molecule has 1 saturated heterocycles. The molecule has 6 nitrogen and oxygen atoms in total. The average molecular weight is 381 g/mol. The molecule has 0 aromatic heterocycles. The lowest BCUT2D eigenvalue weighted by molar-refractivity contribution is -0.00833. The van der Waals surface area contributed by atoms with Gasteiger partial charge in [-0.3, -0.25) is 14.1 Å². The summed E-state index contributed by atoms with van der Waals surface area (Å²) in [5.41, 5.74) is 1.14. The molecule has 1 aromatic rings. The second-order valence-corrected chi connectivity index (χ2v) is 8.61. The Balaban J connectivity index is 1.69. The molecule has 1 unspecified atom stereocenters. The fourth-order valence-electron chi connectivity index (χ4n) is 2.92. The Kier molecular flexibility index (Phi) is 8.54. The van der Waals surface area contributed by atoms with E-state index >= 15 is 0 Å². The molecule has 1 aromatic carbocycles. The van der Waals surface area contributed by atoms with Crippen LogP contribution in [0.2, 0.25) is 0 Å². The van der Waals surface area contributed by atoms with Crippen LogP contribution in [0.25, 0.3) is 0 Å². The second-order valence-electron chi connectivity index (χ2n) is 7.04. The van der Waals surface area contributed by atoms with Crippen molar-refractivity contribution in [1.82, 2.24) is 15.5 Å². The van der Waals surface area contributed by atoms with Crippen molar-refractivity contribution in [2.24, 2.45) is 4.99 Å². The summed E-state index contributed by atoms with van der Waals surface area (Å²) in [7, 11) is 0.880. The van der Waals surface area contributed by atoms with Crippen molar-refractivity contribution in [3.05, 3.63) is 35.9 Å². The van der Waals surface area contributed by atoms with Crippen molar-refractivity contribution in [2.75, 3.05) is 52.2 Å². The number of morpholine rings is 1. The lowest BCUT2D eigenvalue weighted by atomic mass is 10.0. The maximum absolute atomic E-state index is 12.2. The van der Waals surface area contributed by atoms with Crippen molar-refractivity contribution < 1.29 is 8.95 Å². The van der Waals surface area contributed by atoms with E-state index in [0.717, 1.165) is 44.4 Å². The van der Waals surface area contributed by atoms with Crippen molar-refractivity contribution in [3.63, 3.8) is 0 Å². The van der Waals surface area contributed by atoms with E-state index in [0.29, 0.717) is 18.1 Å². The summed E-state index contributed by atoms with van der Waals surface area (Å²) in [6.07, 6.45) is 0. The van der Waals surface area contributed by atoms with Crippen LogP contribution in [0.5, 0.6) is 0 Å². The van der Waals surface area contributed by atoms with Gasteiger partial charge in [-0.1, -0.05) is 30.3 Å². The Labute approximate surface area is 159 Å². The molecule has 146 valence electrons. The van der Waals surface area contributed by atoms with Crippen LogP contribution in [0.1, 0.15) is 19.4 Å². The van der Waals surface area contributed by atoms with Crippen molar-refractivity contribution in [3.8, 4) is 0 Å². The van der Waals surface area contributed by atoms with Crippen LogP contribution in [-0.4, -0.2) is 72.8 Å². The van der Waals surface area contributed by atoms with Gasteiger partial charge in [0.15, 0.2) is 5.96 Å². The molecule has 1 atom stereocenters. The molecule has 0 radical (unpaired) electrons. The first kappa shape index (κ1) is 20.9. The van der Waals surface area contributed by atoms with Crippen LogP contribution in [0, 0.1) is 0 Å². The van der Waals surface area contributed by atoms with E-state index in [1.807, 2.05) is 30.3 Å². The molecule has 0 aliphatic carbocycles. The average Bonchev–Trinajstić information content (AvgIpc) is 2.66. The summed E-state index contributed by atoms with van der Waals surface area (Å²) in [5, 5.41) is 6.65. The highest BCUT2D eigenvalue weighted by atomic mass is 32.2. The van der Waals surface area contributed by atoms with Gasteiger partial charge in [0.1, 0.15) is 0 Å². The van der Waals surface area contributed by atoms with Gasteiger partial charge in [0, 0.05) is 61.1 Å². The van der Waals surface area contributed by atoms with Crippen LogP contribution >= 0.6 is 0 Å². The van der Waals surface area contributed by atoms with E-state index in [4.69, 9.17) is 4.74 Å². The normalized spacial score (nSPS) is 17.7. The van der Waals surface area contributed by atoms with Gasteiger partial charge in [-0.25, -0.2) is 0 Å². The first-order chi connectivity index (χ1) is 12.5. The highest BCUT2D eigenvalue weighted by Gasteiger charge is 2.28. The fourth-order valence-corrected chi connectivity index (χ4v) is 3.95. The standard InChI is InChI=1S/C19H32N4O2S/c1-19(2,23-10-12-25-13-11-23)16-22-18(20-3)21-9-14-26(24)15-17-7-5-4-6-8-17/h4-8H,9-16H2,1-3H3,(H2,20,21,22). The fraction of sp³-hybridized carbons (Fsp3) is 0.632. The highest BCUT2D eigenvalue weighted by Crippen LogP contribution is 2.14. The van der Waals surface area contributed by atoms with Gasteiger partial charge in [-0.2, -0.15) is 0 Å². The summed E-state index contributed by atoms with van der Waals surface area (Å²) in [6, 6.07) is 9.96. The molecule has 0 spiro atoms. The quantitative estimate of drug-likeness (QED) is 0.524. The first-order valence-corrected chi connectivity index (χ1v) is 10.7. The Morgan fingerprint density at radius 1 is 1.23 bits per heavy atom. The third-order valence-electron chi connectivity index (χ3n) is 4.57. The number of hydrogen-bond acceptors (Lipinski definition) is 4. The zero-order valence-electron chi connectivity index (χ0n) is 16.2. The molecule has 0 bridgehead atoms. The minimum Gasteiger partial charge on any atom is -0.379 e. The third kappa shape index (κ3) is 7.05. The van der Waals surface area contributed by atoms with E-state index in [2.05, 4.69) is 34.4 Å². The number of aliphatic imine (C=N–C) groups is 1. The maximum atomic E-state index is 12.2. The summed E-state index contributed by atoms with van der Waals surface area (Å²) >= 11 is 0. The van der Waals surface area contributed by atoms with Gasteiger partial charge in [-0.05, 0) is 19.4 Å². The van der Waals surface area contributed by atoms with Gasteiger partial charge in [-0.15, -0.1) is 0 Å². The van der Waals surface area contributed by atoms with E-state index in [1.54, 1.807) is 7.05 Å². The number of benzene rings is 1. The number of guanidine groups is 1. The lowest BCUT2D eigenvalue weighted by Crippen LogP contribution is -2.56. The molecule has 2 rings (SSSR count). The second kappa shape index (κ2) is 10.6. The molecule has 1 aliphatic heterocycles. The zero-order valence-corrected chi connectivity index (χ0v) is 17.0. The maximum Gasteiger partial charge on any atom is 0.191 e. The number of hydrogen-bond donors (Lipinski definition) is 2. The number of nitrogens with one attached hydrogen (secondary N) is 2. The summed E-state index contributed by atoms with van der Waals surface area (Å²) in [4.78, 5) is 6.71. The van der Waals surface area contributed by atoms with Crippen LogP contribution in [0.4, 0.5) is 0 Å².